The number of nitrogens with zero attached hydrogens (tertiary/aromatic N) is 4. The second-order valence-electron chi connectivity index (χ2n) is 8.45. The van der Waals surface area contributed by atoms with Crippen LogP contribution in [0.5, 0.6) is 0 Å². The van der Waals surface area contributed by atoms with Crippen LogP contribution in [0.3, 0.4) is 0 Å². The zero-order chi connectivity index (χ0) is 19.6. The maximum absolute atomic E-state index is 12.7. The van der Waals surface area contributed by atoms with E-state index >= 15 is 0 Å². The summed E-state index contributed by atoms with van der Waals surface area (Å²) >= 11 is 0. The summed E-state index contributed by atoms with van der Waals surface area (Å²) in [5, 5.41) is 0. The van der Waals surface area contributed by atoms with E-state index in [1.165, 1.54) is 37.2 Å². The van der Waals surface area contributed by atoms with Gasteiger partial charge in [-0.15, -0.1) is 0 Å². The average Bonchev–Trinajstić information content (AvgIpc) is 3.30. The van der Waals surface area contributed by atoms with Gasteiger partial charge in [0.1, 0.15) is 0 Å². The van der Waals surface area contributed by atoms with Crippen molar-refractivity contribution in [3.63, 3.8) is 0 Å². The lowest BCUT2D eigenvalue weighted by Crippen LogP contribution is -2.36. The van der Waals surface area contributed by atoms with Crippen LogP contribution in [-0.4, -0.2) is 46.8 Å². The standard InChI is InChI=1S/C23H29N5O/c29-23-19-16-27(15-17-6-8-18(9-7-17)28-12-3-4-13-28)14-10-20(19)25-22(26-23)21-5-1-2-11-24-21/h6-9H,1-5,10-16H2,(H,25,26,29). The number of benzene rings is 1. The Balaban J connectivity index is 1.28. The van der Waals surface area contributed by atoms with E-state index in [0.29, 0.717) is 12.4 Å². The van der Waals surface area contributed by atoms with Crippen LogP contribution in [0.25, 0.3) is 0 Å². The van der Waals surface area contributed by atoms with Gasteiger partial charge in [0.2, 0.25) is 0 Å². The first-order chi connectivity index (χ1) is 14.3. The van der Waals surface area contributed by atoms with Crippen molar-refractivity contribution in [1.29, 1.82) is 0 Å². The summed E-state index contributed by atoms with van der Waals surface area (Å²) in [6.45, 7) is 5.66. The van der Waals surface area contributed by atoms with Gasteiger partial charge in [-0.3, -0.25) is 14.7 Å². The molecule has 2 aromatic rings. The minimum atomic E-state index is 0.00681. The summed E-state index contributed by atoms with van der Waals surface area (Å²) in [7, 11) is 0. The topological polar surface area (TPSA) is 64.6 Å². The molecule has 6 nitrogen and oxygen atoms in total. The van der Waals surface area contributed by atoms with E-state index in [1.807, 2.05) is 0 Å². The number of fused-ring (bicyclic) bond motifs is 1. The quantitative estimate of drug-likeness (QED) is 0.870. The third-order valence-corrected chi connectivity index (χ3v) is 6.36. The number of aromatic nitrogens is 2. The first kappa shape index (κ1) is 18.6. The molecule has 0 atom stereocenters. The van der Waals surface area contributed by atoms with E-state index in [4.69, 9.17) is 4.98 Å². The smallest absolute Gasteiger partial charge is 0.255 e. The number of aromatic amines is 1. The summed E-state index contributed by atoms with van der Waals surface area (Å²) in [6, 6.07) is 8.94. The number of nitrogens with one attached hydrogen (secondary N) is 1. The SMILES string of the molecule is O=c1[nH]c(C2=NCCCC2)nc2c1CN(Cc1ccc(N3CCCC3)cc1)CC2. The largest absolute Gasteiger partial charge is 0.372 e. The Morgan fingerprint density at radius 2 is 1.79 bits per heavy atom. The molecule has 0 bridgehead atoms. The molecule has 0 spiro atoms. The summed E-state index contributed by atoms with van der Waals surface area (Å²) in [5.74, 6) is 0.694. The molecule has 29 heavy (non-hydrogen) atoms. The fourth-order valence-electron chi connectivity index (χ4n) is 4.69. The van der Waals surface area contributed by atoms with Crippen molar-refractivity contribution in [3.05, 3.63) is 57.3 Å². The highest BCUT2D eigenvalue weighted by atomic mass is 16.1. The van der Waals surface area contributed by atoms with Gasteiger partial charge in [0.05, 0.1) is 17.0 Å². The van der Waals surface area contributed by atoms with Crippen LogP contribution in [-0.2, 0) is 19.5 Å². The van der Waals surface area contributed by atoms with Crippen molar-refractivity contribution in [2.45, 2.75) is 51.6 Å². The molecular formula is C23H29N5O. The molecule has 1 fully saturated rings. The van der Waals surface area contributed by atoms with E-state index in [1.54, 1.807) is 0 Å². The van der Waals surface area contributed by atoms with E-state index < -0.39 is 0 Å². The molecule has 1 saturated heterocycles. The lowest BCUT2D eigenvalue weighted by Gasteiger charge is -2.28. The molecule has 6 heteroatoms. The van der Waals surface area contributed by atoms with Gasteiger partial charge >= 0.3 is 0 Å². The van der Waals surface area contributed by atoms with Crippen LogP contribution in [0.2, 0.25) is 0 Å². The van der Waals surface area contributed by atoms with E-state index in [9.17, 15) is 4.79 Å². The predicted molar refractivity (Wildman–Crippen MR) is 116 cm³/mol. The zero-order valence-electron chi connectivity index (χ0n) is 17.0. The van der Waals surface area contributed by atoms with Crippen molar-refractivity contribution in [1.82, 2.24) is 14.9 Å². The lowest BCUT2D eigenvalue weighted by atomic mass is 10.0. The molecule has 4 heterocycles. The molecule has 5 rings (SSSR count). The Bertz CT molecular complexity index is 956. The minimum Gasteiger partial charge on any atom is -0.372 e. The van der Waals surface area contributed by atoms with E-state index in [2.05, 4.69) is 44.0 Å². The molecule has 0 saturated carbocycles. The summed E-state index contributed by atoms with van der Waals surface area (Å²) < 4.78 is 0. The minimum absolute atomic E-state index is 0.00681. The lowest BCUT2D eigenvalue weighted by molar-refractivity contribution is 0.241. The van der Waals surface area contributed by atoms with Crippen LogP contribution >= 0.6 is 0 Å². The highest BCUT2D eigenvalue weighted by Crippen LogP contribution is 2.22. The first-order valence-electron chi connectivity index (χ1n) is 11.0. The fraction of sp³-hybridized carbons (Fsp3) is 0.522. The Labute approximate surface area is 171 Å². The number of hydrogen-bond donors (Lipinski definition) is 1. The molecule has 1 aromatic heterocycles. The Kier molecular flexibility index (Phi) is 5.19. The Hall–Kier alpha value is -2.47. The number of hydrogen-bond acceptors (Lipinski definition) is 5. The summed E-state index contributed by atoms with van der Waals surface area (Å²) in [6.07, 6.45) is 6.60. The normalized spacial score (nSPS) is 19.9. The summed E-state index contributed by atoms with van der Waals surface area (Å²) in [5.41, 5.74) is 5.38. The van der Waals surface area contributed by atoms with Crippen LogP contribution in [0, 0.1) is 0 Å². The highest BCUT2D eigenvalue weighted by molar-refractivity contribution is 5.97. The number of anilines is 1. The van der Waals surface area contributed by atoms with Crippen LogP contribution < -0.4 is 10.5 Å². The number of rotatable bonds is 4. The molecule has 3 aliphatic heterocycles. The van der Waals surface area contributed by atoms with E-state index in [0.717, 1.165) is 62.3 Å². The third kappa shape index (κ3) is 3.99. The molecule has 0 aliphatic carbocycles. The molecule has 3 aliphatic rings. The second-order valence-corrected chi connectivity index (χ2v) is 8.45. The van der Waals surface area contributed by atoms with Gasteiger partial charge in [0.15, 0.2) is 5.82 Å². The van der Waals surface area contributed by atoms with Crippen LogP contribution in [0.1, 0.15) is 54.7 Å². The molecule has 1 N–H and O–H groups in total. The zero-order valence-corrected chi connectivity index (χ0v) is 17.0. The number of aliphatic imine (C=N–C) groups is 1. The second kappa shape index (κ2) is 8.11. The predicted octanol–water partition coefficient (Wildman–Crippen LogP) is 2.90. The molecule has 0 radical (unpaired) electrons. The van der Waals surface area contributed by atoms with Gasteiger partial charge in [-0.2, -0.15) is 0 Å². The monoisotopic (exact) mass is 391 g/mol. The van der Waals surface area contributed by atoms with Crippen molar-refractivity contribution in [2.24, 2.45) is 4.99 Å². The maximum atomic E-state index is 12.7. The fourth-order valence-corrected chi connectivity index (χ4v) is 4.69. The average molecular weight is 392 g/mol. The van der Waals surface area contributed by atoms with Gasteiger partial charge in [0.25, 0.3) is 5.56 Å². The molecule has 0 amide bonds. The Morgan fingerprint density at radius 1 is 0.966 bits per heavy atom. The van der Waals surface area contributed by atoms with Gasteiger partial charge < -0.3 is 9.88 Å². The van der Waals surface area contributed by atoms with Crippen molar-refractivity contribution in [3.8, 4) is 0 Å². The van der Waals surface area contributed by atoms with Gasteiger partial charge in [-0.05, 0) is 49.8 Å². The molecular weight excluding hydrogens is 362 g/mol. The van der Waals surface area contributed by atoms with Crippen LogP contribution in [0.15, 0.2) is 34.1 Å². The highest BCUT2D eigenvalue weighted by Gasteiger charge is 2.23. The summed E-state index contributed by atoms with van der Waals surface area (Å²) in [4.78, 5) is 29.9. The van der Waals surface area contributed by atoms with Gasteiger partial charge in [-0.25, -0.2) is 4.98 Å². The van der Waals surface area contributed by atoms with Crippen molar-refractivity contribution in [2.75, 3.05) is 31.1 Å². The van der Waals surface area contributed by atoms with Crippen molar-refractivity contribution < 1.29 is 0 Å². The first-order valence-corrected chi connectivity index (χ1v) is 11.0. The van der Waals surface area contributed by atoms with E-state index in [-0.39, 0.29) is 5.56 Å². The molecule has 1 aromatic carbocycles. The van der Waals surface area contributed by atoms with Crippen molar-refractivity contribution >= 4 is 11.4 Å². The van der Waals surface area contributed by atoms with Gasteiger partial charge in [0, 0.05) is 51.4 Å². The van der Waals surface area contributed by atoms with Crippen LogP contribution in [0.4, 0.5) is 5.69 Å². The Morgan fingerprint density at radius 3 is 2.55 bits per heavy atom. The van der Waals surface area contributed by atoms with Gasteiger partial charge in [-0.1, -0.05) is 12.1 Å². The third-order valence-electron chi connectivity index (χ3n) is 6.36. The maximum Gasteiger partial charge on any atom is 0.255 e. The molecule has 152 valence electrons. The number of H-pyrrole nitrogens is 1. The molecule has 0 unspecified atom stereocenters.